The monoisotopic (exact) mass is 365 g/mol. The van der Waals surface area contributed by atoms with Crippen molar-refractivity contribution in [1.29, 1.82) is 0 Å². The second-order valence-electron chi connectivity index (χ2n) is 6.03. The molecule has 0 bridgehead atoms. The zero-order valence-corrected chi connectivity index (χ0v) is 15.5. The van der Waals surface area contributed by atoms with E-state index in [9.17, 15) is 4.79 Å². The van der Waals surface area contributed by atoms with Crippen LogP contribution in [0, 0.1) is 0 Å². The van der Waals surface area contributed by atoms with E-state index in [2.05, 4.69) is 5.32 Å². The molecule has 27 heavy (non-hydrogen) atoms. The number of carbonyl (C=O) groups is 1. The minimum Gasteiger partial charge on any atom is -0.493 e. The van der Waals surface area contributed by atoms with Gasteiger partial charge >= 0.3 is 0 Å². The highest BCUT2D eigenvalue weighted by Gasteiger charge is 2.16. The van der Waals surface area contributed by atoms with E-state index in [0.717, 1.165) is 16.5 Å². The summed E-state index contributed by atoms with van der Waals surface area (Å²) in [6, 6.07) is 21.2. The van der Waals surface area contributed by atoms with Crippen molar-refractivity contribution < 1.29 is 19.0 Å². The quantitative estimate of drug-likeness (QED) is 0.617. The Labute approximate surface area is 158 Å². The second-order valence-corrected chi connectivity index (χ2v) is 6.03. The topological polar surface area (TPSA) is 56.8 Å². The average Bonchev–Trinajstić information content (AvgIpc) is 2.71. The normalized spacial score (nSPS) is 11.6. The van der Waals surface area contributed by atoms with Gasteiger partial charge in [-0.05, 0) is 30.5 Å². The lowest BCUT2D eigenvalue weighted by Crippen LogP contribution is -2.38. The van der Waals surface area contributed by atoms with Crippen LogP contribution in [0.25, 0.3) is 10.8 Å². The molecule has 0 aliphatic heterocycles. The zero-order valence-electron chi connectivity index (χ0n) is 15.5. The van der Waals surface area contributed by atoms with Crippen LogP contribution in [0.5, 0.6) is 17.2 Å². The number of para-hydroxylation sites is 2. The van der Waals surface area contributed by atoms with Crippen molar-refractivity contribution in [3.8, 4) is 17.2 Å². The molecule has 1 unspecified atom stereocenters. The molecule has 0 heterocycles. The summed E-state index contributed by atoms with van der Waals surface area (Å²) in [7, 11) is 1.57. The zero-order chi connectivity index (χ0) is 19.1. The standard InChI is InChI=1S/C22H23NO4/c1-16(27-21-12-6-5-11-20(21)25-2)22(24)23-14-15-26-19-13-7-9-17-8-3-4-10-18(17)19/h3-13,16H,14-15H2,1-2H3,(H,23,24). The Hall–Kier alpha value is -3.21. The molecule has 3 aromatic carbocycles. The maximum absolute atomic E-state index is 12.2. The van der Waals surface area contributed by atoms with E-state index < -0.39 is 6.10 Å². The van der Waals surface area contributed by atoms with Crippen molar-refractivity contribution in [2.24, 2.45) is 0 Å². The van der Waals surface area contributed by atoms with Crippen molar-refractivity contribution in [2.75, 3.05) is 20.3 Å². The van der Waals surface area contributed by atoms with Crippen LogP contribution in [0.3, 0.4) is 0 Å². The maximum atomic E-state index is 12.2. The molecule has 3 aromatic rings. The molecular formula is C22H23NO4. The van der Waals surface area contributed by atoms with Crippen molar-refractivity contribution in [3.63, 3.8) is 0 Å². The van der Waals surface area contributed by atoms with Gasteiger partial charge in [0.15, 0.2) is 17.6 Å². The molecule has 1 N–H and O–H groups in total. The molecule has 0 fully saturated rings. The predicted molar refractivity (Wildman–Crippen MR) is 106 cm³/mol. The lowest BCUT2D eigenvalue weighted by molar-refractivity contribution is -0.127. The summed E-state index contributed by atoms with van der Waals surface area (Å²) in [5, 5.41) is 5.01. The summed E-state index contributed by atoms with van der Waals surface area (Å²) < 4.78 is 16.8. The second kappa shape index (κ2) is 8.94. The van der Waals surface area contributed by atoms with E-state index in [-0.39, 0.29) is 5.91 Å². The maximum Gasteiger partial charge on any atom is 0.260 e. The first-order chi connectivity index (χ1) is 13.2. The lowest BCUT2D eigenvalue weighted by atomic mass is 10.1. The molecule has 0 saturated heterocycles. The molecule has 0 aliphatic rings. The Morgan fingerprint density at radius 2 is 1.59 bits per heavy atom. The third-order valence-corrected chi connectivity index (χ3v) is 4.15. The Bertz CT molecular complexity index is 904. The first-order valence-corrected chi connectivity index (χ1v) is 8.87. The van der Waals surface area contributed by atoms with E-state index in [4.69, 9.17) is 14.2 Å². The van der Waals surface area contributed by atoms with Crippen molar-refractivity contribution >= 4 is 16.7 Å². The number of amides is 1. The summed E-state index contributed by atoms with van der Waals surface area (Å²) in [6.45, 7) is 2.47. The number of hydrogen-bond donors (Lipinski definition) is 1. The van der Waals surface area contributed by atoms with Crippen molar-refractivity contribution in [2.45, 2.75) is 13.0 Å². The van der Waals surface area contributed by atoms with Gasteiger partial charge in [0.1, 0.15) is 12.4 Å². The highest BCUT2D eigenvalue weighted by molar-refractivity contribution is 5.88. The molecule has 1 atom stereocenters. The smallest absolute Gasteiger partial charge is 0.260 e. The van der Waals surface area contributed by atoms with Crippen LogP contribution in [0.1, 0.15) is 6.92 Å². The van der Waals surface area contributed by atoms with E-state index in [1.54, 1.807) is 26.2 Å². The Balaban J connectivity index is 1.49. The number of carbonyl (C=O) groups excluding carboxylic acids is 1. The molecule has 0 spiro atoms. The van der Waals surface area contributed by atoms with Gasteiger partial charge in [-0.25, -0.2) is 0 Å². The molecule has 3 rings (SSSR count). The third-order valence-electron chi connectivity index (χ3n) is 4.15. The predicted octanol–water partition coefficient (Wildman–Crippen LogP) is 3.81. The van der Waals surface area contributed by atoms with Gasteiger partial charge in [-0.3, -0.25) is 4.79 Å². The van der Waals surface area contributed by atoms with E-state index in [0.29, 0.717) is 24.7 Å². The van der Waals surface area contributed by atoms with Gasteiger partial charge in [0.05, 0.1) is 13.7 Å². The summed E-state index contributed by atoms with van der Waals surface area (Å²) in [6.07, 6.45) is -0.640. The Kier molecular flexibility index (Phi) is 6.15. The van der Waals surface area contributed by atoms with Crippen LogP contribution in [0.4, 0.5) is 0 Å². The highest BCUT2D eigenvalue weighted by atomic mass is 16.5. The minimum absolute atomic E-state index is 0.206. The third kappa shape index (κ3) is 4.70. The summed E-state index contributed by atoms with van der Waals surface area (Å²) in [5.41, 5.74) is 0. The van der Waals surface area contributed by atoms with Crippen LogP contribution in [-0.4, -0.2) is 32.3 Å². The molecular weight excluding hydrogens is 342 g/mol. The van der Waals surface area contributed by atoms with Crippen molar-refractivity contribution in [1.82, 2.24) is 5.32 Å². The van der Waals surface area contributed by atoms with Gasteiger partial charge in [0, 0.05) is 5.39 Å². The van der Waals surface area contributed by atoms with E-state index in [1.807, 2.05) is 54.6 Å². The van der Waals surface area contributed by atoms with Gasteiger partial charge in [0.25, 0.3) is 5.91 Å². The fraction of sp³-hybridized carbons (Fsp3) is 0.227. The molecule has 5 nitrogen and oxygen atoms in total. The summed E-state index contributed by atoms with van der Waals surface area (Å²) in [4.78, 5) is 12.2. The van der Waals surface area contributed by atoms with Crippen LogP contribution in [-0.2, 0) is 4.79 Å². The van der Waals surface area contributed by atoms with E-state index in [1.165, 1.54) is 0 Å². The van der Waals surface area contributed by atoms with Gasteiger partial charge in [0.2, 0.25) is 0 Å². The Morgan fingerprint density at radius 1 is 0.926 bits per heavy atom. The van der Waals surface area contributed by atoms with Crippen LogP contribution >= 0.6 is 0 Å². The number of hydrogen-bond acceptors (Lipinski definition) is 4. The summed E-state index contributed by atoms with van der Waals surface area (Å²) in [5.74, 6) is 1.73. The van der Waals surface area contributed by atoms with Gasteiger partial charge in [-0.2, -0.15) is 0 Å². The number of fused-ring (bicyclic) bond motifs is 1. The van der Waals surface area contributed by atoms with Gasteiger partial charge < -0.3 is 19.5 Å². The first-order valence-electron chi connectivity index (χ1n) is 8.87. The lowest BCUT2D eigenvalue weighted by Gasteiger charge is -2.17. The molecule has 0 radical (unpaired) electrons. The first kappa shape index (κ1) is 18.6. The number of benzene rings is 3. The molecule has 0 aromatic heterocycles. The number of ether oxygens (including phenoxy) is 3. The number of methoxy groups -OCH3 is 1. The fourth-order valence-corrected chi connectivity index (χ4v) is 2.76. The average molecular weight is 365 g/mol. The SMILES string of the molecule is COc1ccccc1OC(C)C(=O)NCCOc1cccc2ccccc12. The van der Waals surface area contributed by atoms with Crippen LogP contribution < -0.4 is 19.5 Å². The van der Waals surface area contributed by atoms with Gasteiger partial charge in [-0.15, -0.1) is 0 Å². The Morgan fingerprint density at radius 3 is 2.41 bits per heavy atom. The molecule has 0 saturated carbocycles. The van der Waals surface area contributed by atoms with Crippen LogP contribution in [0.15, 0.2) is 66.7 Å². The largest absolute Gasteiger partial charge is 0.493 e. The molecule has 5 heteroatoms. The molecule has 140 valence electrons. The summed E-state index contributed by atoms with van der Waals surface area (Å²) >= 11 is 0. The van der Waals surface area contributed by atoms with E-state index >= 15 is 0 Å². The van der Waals surface area contributed by atoms with Gasteiger partial charge in [-0.1, -0.05) is 48.5 Å². The minimum atomic E-state index is -0.640. The molecule has 0 aliphatic carbocycles. The van der Waals surface area contributed by atoms with Crippen LogP contribution in [0.2, 0.25) is 0 Å². The fourth-order valence-electron chi connectivity index (χ4n) is 2.76. The number of rotatable bonds is 8. The highest BCUT2D eigenvalue weighted by Crippen LogP contribution is 2.27. The molecule has 1 amide bonds. The number of nitrogens with one attached hydrogen (secondary N) is 1. The van der Waals surface area contributed by atoms with Crippen molar-refractivity contribution in [3.05, 3.63) is 66.7 Å².